The van der Waals surface area contributed by atoms with Crippen LogP contribution in [0, 0.1) is 6.92 Å². The molecule has 1 unspecified atom stereocenters. The summed E-state index contributed by atoms with van der Waals surface area (Å²) in [4.78, 5) is 19.6. The number of aryl methyl sites for hydroxylation is 1. The van der Waals surface area contributed by atoms with Crippen LogP contribution in [-0.2, 0) is 5.60 Å². The third-order valence-electron chi connectivity index (χ3n) is 3.58. The van der Waals surface area contributed by atoms with Gasteiger partial charge in [0, 0.05) is 17.1 Å². The number of aromatic amines is 1. The van der Waals surface area contributed by atoms with Crippen LogP contribution < -0.4 is 5.32 Å². The van der Waals surface area contributed by atoms with Crippen LogP contribution in [0.1, 0.15) is 28.0 Å². The Hall–Kier alpha value is -1.96. The lowest BCUT2D eigenvalue weighted by molar-refractivity contribution is 0.0529. The van der Waals surface area contributed by atoms with Crippen LogP contribution >= 0.6 is 22.7 Å². The molecule has 0 saturated carbocycles. The minimum atomic E-state index is -1.09. The first-order chi connectivity index (χ1) is 11.0. The van der Waals surface area contributed by atoms with E-state index in [2.05, 4.69) is 15.3 Å². The van der Waals surface area contributed by atoms with Gasteiger partial charge in [-0.25, -0.2) is 4.98 Å². The first kappa shape index (κ1) is 15.9. The lowest BCUT2D eigenvalue weighted by Crippen LogP contribution is -2.38. The van der Waals surface area contributed by atoms with Crippen molar-refractivity contribution in [1.82, 2.24) is 15.3 Å². The van der Waals surface area contributed by atoms with Crippen molar-refractivity contribution in [3.05, 3.63) is 50.7 Å². The van der Waals surface area contributed by atoms with Crippen LogP contribution in [0.25, 0.3) is 11.3 Å². The van der Waals surface area contributed by atoms with Gasteiger partial charge in [0.2, 0.25) is 0 Å². The molecule has 1 amide bonds. The average Bonchev–Trinajstić information content (AvgIpc) is 3.24. The van der Waals surface area contributed by atoms with Gasteiger partial charge in [-0.05, 0) is 42.3 Å². The van der Waals surface area contributed by atoms with Crippen molar-refractivity contribution in [2.45, 2.75) is 19.4 Å². The molecule has 7 heteroatoms. The predicted molar refractivity (Wildman–Crippen MR) is 92.9 cm³/mol. The third-order valence-corrected chi connectivity index (χ3v) is 5.04. The van der Waals surface area contributed by atoms with Gasteiger partial charge in [0.25, 0.3) is 5.91 Å². The molecule has 0 spiro atoms. The summed E-state index contributed by atoms with van der Waals surface area (Å²) in [6.07, 6.45) is 1.76. The zero-order valence-electron chi connectivity index (χ0n) is 12.8. The number of thiophene rings is 1. The van der Waals surface area contributed by atoms with Crippen molar-refractivity contribution in [1.29, 1.82) is 0 Å². The number of carbonyl (C=O) groups is 1. The summed E-state index contributed by atoms with van der Waals surface area (Å²) >= 11 is 3.09. The van der Waals surface area contributed by atoms with Gasteiger partial charge in [-0.15, -0.1) is 11.3 Å². The van der Waals surface area contributed by atoms with Gasteiger partial charge >= 0.3 is 0 Å². The topological polar surface area (TPSA) is 78.0 Å². The SMILES string of the molecule is Cc1nc(-c2c[nH]c(C(=O)NCC(C)(O)c3ccsc3)c2)cs1. The van der Waals surface area contributed by atoms with Crippen molar-refractivity contribution in [2.24, 2.45) is 0 Å². The molecule has 5 nitrogen and oxygen atoms in total. The average molecular weight is 347 g/mol. The van der Waals surface area contributed by atoms with Crippen LogP contribution in [0.2, 0.25) is 0 Å². The van der Waals surface area contributed by atoms with Gasteiger partial charge in [-0.1, -0.05) is 0 Å². The van der Waals surface area contributed by atoms with E-state index in [-0.39, 0.29) is 12.5 Å². The molecule has 0 bridgehead atoms. The second kappa shape index (κ2) is 6.27. The highest BCUT2D eigenvalue weighted by atomic mass is 32.1. The molecule has 3 aromatic heterocycles. The number of H-pyrrole nitrogens is 1. The molecule has 1 atom stereocenters. The maximum absolute atomic E-state index is 12.2. The van der Waals surface area contributed by atoms with E-state index in [1.54, 1.807) is 30.5 Å². The van der Waals surface area contributed by atoms with Gasteiger partial charge in [0.05, 0.1) is 17.2 Å². The molecule has 0 aliphatic carbocycles. The Morgan fingerprint density at radius 2 is 2.30 bits per heavy atom. The molecular formula is C16H17N3O2S2. The lowest BCUT2D eigenvalue weighted by atomic mass is 9.99. The Balaban J connectivity index is 1.66. The fourth-order valence-corrected chi connectivity index (χ4v) is 3.59. The first-order valence-electron chi connectivity index (χ1n) is 7.10. The van der Waals surface area contributed by atoms with E-state index in [1.807, 2.05) is 29.1 Å². The zero-order chi connectivity index (χ0) is 16.4. The van der Waals surface area contributed by atoms with E-state index in [9.17, 15) is 9.90 Å². The minimum absolute atomic E-state index is 0.146. The van der Waals surface area contributed by atoms with E-state index in [4.69, 9.17) is 0 Å². The third kappa shape index (κ3) is 3.52. The predicted octanol–water partition coefficient (Wildman–Crippen LogP) is 3.15. The number of thiazole rings is 1. The Labute approximate surface area is 142 Å². The number of aliphatic hydroxyl groups is 1. The maximum Gasteiger partial charge on any atom is 0.267 e. The number of hydrogen-bond acceptors (Lipinski definition) is 5. The van der Waals surface area contributed by atoms with E-state index in [0.29, 0.717) is 5.69 Å². The Kier molecular flexibility index (Phi) is 4.34. The molecule has 0 fully saturated rings. The van der Waals surface area contributed by atoms with Gasteiger partial charge in [0.15, 0.2) is 0 Å². The van der Waals surface area contributed by atoms with Crippen LogP contribution in [0.3, 0.4) is 0 Å². The second-order valence-corrected chi connectivity index (χ2v) is 7.36. The fourth-order valence-electron chi connectivity index (χ4n) is 2.19. The quantitative estimate of drug-likeness (QED) is 0.663. The van der Waals surface area contributed by atoms with Gasteiger partial charge in [-0.2, -0.15) is 11.3 Å². The number of aromatic nitrogens is 2. The number of hydrogen-bond donors (Lipinski definition) is 3. The minimum Gasteiger partial charge on any atom is -0.384 e. The van der Waals surface area contributed by atoms with Crippen molar-refractivity contribution >= 4 is 28.6 Å². The van der Waals surface area contributed by atoms with Crippen molar-refractivity contribution < 1.29 is 9.90 Å². The summed E-state index contributed by atoms with van der Waals surface area (Å²) in [7, 11) is 0. The number of nitrogens with zero attached hydrogens (tertiary/aromatic N) is 1. The first-order valence-corrected chi connectivity index (χ1v) is 8.92. The van der Waals surface area contributed by atoms with Crippen LogP contribution in [0.4, 0.5) is 0 Å². The van der Waals surface area contributed by atoms with Crippen LogP contribution in [0.5, 0.6) is 0 Å². The molecule has 23 heavy (non-hydrogen) atoms. The Morgan fingerprint density at radius 1 is 1.48 bits per heavy atom. The van der Waals surface area contributed by atoms with Crippen molar-refractivity contribution in [2.75, 3.05) is 6.54 Å². The molecule has 3 N–H and O–H groups in total. The summed E-state index contributed by atoms with van der Waals surface area (Å²) in [5.41, 5.74) is 1.90. The summed E-state index contributed by atoms with van der Waals surface area (Å²) in [6, 6.07) is 3.62. The van der Waals surface area contributed by atoms with Crippen LogP contribution in [-0.4, -0.2) is 27.5 Å². The number of nitrogens with one attached hydrogen (secondary N) is 2. The Morgan fingerprint density at radius 3 is 2.96 bits per heavy atom. The highest BCUT2D eigenvalue weighted by Crippen LogP contribution is 2.23. The van der Waals surface area contributed by atoms with E-state index in [1.165, 1.54) is 11.3 Å². The van der Waals surface area contributed by atoms with Crippen LogP contribution in [0.15, 0.2) is 34.5 Å². The summed E-state index contributed by atoms with van der Waals surface area (Å²) in [6.45, 7) is 3.78. The molecule has 3 aromatic rings. The molecule has 0 radical (unpaired) electrons. The fraction of sp³-hybridized carbons (Fsp3) is 0.250. The molecule has 3 heterocycles. The molecule has 0 aliphatic rings. The zero-order valence-corrected chi connectivity index (χ0v) is 14.4. The maximum atomic E-state index is 12.2. The summed E-state index contributed by atoms with van der Waals surface area (Å²) < 4.78 is 0. The Bertz CT molecular complexity index is 803. The van der Waals surface area contributed by atoms with Crippen molar-refractivity contribution in [3.8, 4) is 11.3 Å². The van der Waals surface area contributed by atoms with Gasteiger partial charge in [-0.3, -0.25) is 4.79 Å². The van der Waals surface area contributed by atoms with E-state index < -0.39 is 5.60 Å². The number of rotatable bonds is 5. The highest BCUT2D eigenvalue weighted by molar-refractivity contribution is 7.09. The summed E-state index contributed by atoms with van der Waals surface area (Å²) in [5.74, 6) is -0.251. The second-order valence-electron chi connectivity index (χ2n) is 5.52. The standard InChI is InChI=1S/C16H17N3O2S2/c1-10-19-14(8-23-10)11-5-13(17-6-11)15(20)18-9-16(2,21)12-3-4-22-7-12/h3-8,17,21H,9H2,1-2H3,(H,18,20). The lowest BCUT2D eigenvalue weighted by Gasteiger charge is -2.22. The number of amides is 1. The van der Waals surface area contributed by atoms with Gasteiger partial charge < -0.3 is 15.4 Å². The summed E-state index contributed by atoms with van der Waals surface area (Å²) in [5, 5.41) is 19.9. The number of carbonyl (C=O) groups excluding carboxylic acids is 1. The van der Waals surface area contributed by atoms with E-state index >= 15 is 0 Å². The van der Waals surface area contributed by atoms with Crippen molar-refractivity contribution in [3.63, 3.8) is 0 Å². The monoisotopic (exact) mass is 347 g/mol. The van der Waals surface area contributed by atoms with E-state index in [0.717, 1.165) is 21.8 Å². The largest absolute Gasteiger partial charge is 0.384 e. The molecule has 0 aromatic carbocycles. The highest BCUT2D eigenvalue weighted by Gasteiger charge is 2.24. The normalized spacial score (nSPS) is 13.7. The molecule has 3 rings (SSSR count). The molecule has 120 valence electrons. The van der Waals surface area contributed by atoms with Gasteiger partial charge in [0.1, 0.15) is 11.3 Å². The molecule has 0 saturated heterocycles. The molecule has 0 aliphatic heterocycles. The smallest absolute Gasteiger partial charge is 0.267 e. The molecular weight excluding hydrogens is 330 g/mol.